The maximum Gasteiger partial charge on any atom is 0.159 e. The van der Waals surface area contributed by atoms with Gasteiger partial charge in [0.15, 0.2) is 5.82 Å². The Morgan fingerprint density at radius 2 is 0.875 bits per heavy atom. The zero-order valence-electron chi connectivity index (χ0n) is 24.9. The zero-order valence-corrected chi connectivity index (χ0v) is 24.9. The number of hydrogen-bond donors (Lipinski definition) is 0. The van der Waals surface area contributed by atoms with Crippen LogP contribution in [-0.4, -0.2) is 9.97 Å². The highest BCUT2D eigenvalue weighted by Gasteiger charge is 2.16. The molecule has 2 heteroatoms. The van der Waals surface area contributed by atoms with Gasteiger partial charge in [-0.25, -0.2) is 9.97 Å². The molecule has 0 radical (unpaired) electrons. The van der Waals surface area contributed by atoms with Crippen molar-refractivity contribution >= 4 is 0 Å². The summed E-state index contributed by atoms with van der Waals surface area (Å²) in [5.74, 6) is 0.756. The molecule has 0 aliphatic heterocycles. The van der Waals surface area contributed by atoms with Crippen LogP contribution in [-0.2, 0) is 17.3 Å². The van der Waals surface area contributed by atoms with E-state index in [4.69, 9.17) is 0 Å². The molecule has 0 aliphatic rings. The third kappa shape index (κ3) is 6.07. The van der Waals surface area contributed by atoms with E-state index in [0.29, 0.717) is 0 Å². The molecule has 4 aromatic carbocycles. The van der Waals surface area contributed by atoms with E-state index >= 15 is 0 Å². The molecule has 5 aromatic rings. The number of rotatable bonds is 5. The zero-order chi connectivity index (χ0) is 28.5. The number of hydrogen-bond acceptors (Lipinski definition) is 2. The van der Waals surface area contributed by atoms with Crippen molar-refractivity contribution in [2.45, 2.75) is 65.7 Å². The molecule has 2 nitrogen and oxygen atoms in total. The van der Waals surface area contributed by atoms with Crippen molar-refractivity contribution in [1.82, 2.24) is 9.97 Å². The lowest BCUT2D eigenvalue weighted by Gasteiger charge is -2.20. The first-order chi connectivity index (χ1) is 19.0. The van der Waals surface area contributed by atoms with Crippen molar-refractivity contribution in [1.29, 1.82) is 0 Å². The molecule has 0 saturated heterocycles. The molecule has 0 amide bonds. The Hall–Kier alpha value is -4.04. The van der Waals surface area contributed by atoms with Crippen LogP contribution in [0.1, 0.15) is 65.2 Å². The third-order valence-electron chi connectivity index (χ3n) is 7.67. The lowest BCUT2D eigenvalue weighted by molar-refractivity contribution is 0.590. The molecule has 0 unspecified atom stereocenters. The number of benzene rings is 4. The highest BCUT2D eigenvalue weighted by atomic mass is 14.9. The predicted molar refractivity (Wildman–Crippen MR) is 171 cm³/mol. The molecule has 1 heterocycles. The fourth-order valence-electron chi connectivity index (χ4n) is 4.98. The molecular formula is C38H40N2. The number of aromatic nitrogens is 2. The summed E-state index contributed by atoms with van der Waals surface area (Å²) in [6, 6.07) is 33.6. The summed E-state index contributed by atoms with van der Waals surface area (Å²) in [5, 5.41) is 0. The molecule has 0 atom stereocenters. The van der Waals surface area contributed by atoms with Crippen LogP contribution in [0.4, 0.5) is 0 Å². The molecule has 0 aliphatic carbocycles. The van der Waals surface area contributed by atoms with Crippen LogP contribution in [0.25, 0.3) is 44.8 Å². The van der Waals surface area contributed by atoms with Crippen molar-refractivity contribution in [3.8, 4) is 44.8 Å². The van der Waals surface area contributed by atoms with Gasteiger partial charge in [0, 0.05) is 18.0 Å². The van der Waals surface area contributed by atoms with E-state index < -0.39 is 0 Å². The second kappa shape index (κ2) is 10.8. The monoisotopic (exact) mass is 524 g/mol. The lowest BCUT2D eigenvalue weighted by Crippen LogP contribution is -2.10. The first kappa shape index (κ1) is 27.5. The minimum Gasteiger partial charge on any atom is -0.236 e. The summed E-state index contributed by atoms with van der Waals surface area (Å²) in [6.07, 6.45) is 4.79. The van der Waals surface area contributed by atoms with Crippen molar-refractivity contribution in [3.63, 3.8) is 0 Å². The molecule has 40 heavy (non-hydrogen) atoms. The third-order valence-corrected chi connectivity index (χ3v) is 7.67. The summed E-state index contributed by atoms with van der Waals surface area (Å²) in [5.41, 5.74) is 12.3. The van der Waals surface area contributed by atoms with Crippen molar-refractivity contribution in [3.05, 3.63) is 120 Å². The van der Waals surface area contributed by atoms with Gasteiger partial charge in [0.25, 0.3) is 0 Å². The minimum absolute atomic E-state index is 0.123. The van der Waals surface area contributed by atoms with Gasteiger partial charge in [0.2, 0.25) is 0 Å². The van der Waals surface area contributed by atoms with Gasteiger partial charge in [0.05, 0.1) is 0 Å². The van der Waals surface area contributed by atoms with Crippen LogP contribution in [0.15, 0.2) is 103 Å². The maximum atomic E-state index is 4.63. The molecular weight excluding hydrogens is 484 g/mol. The largest absolute Gasteiger partial charge is 0.236 e. The van der Waals surface area contributed by atoms with Gasteiger partial charge < -0.3 is 0 Å². The summed E-state index contributed by atoms with van der Waals surface area (Å²) in [4.78, 5) is 9.26. The first-order valence-corrected chi connectivity index (χ1v) is 14.3. The van der Waals surface area contributed by atoms with Crippen LogP contribution in [0.5, 0.6) is 0 Å². The van der Waals surface area contributed by atoms with E-state index in [1.54, 1.807) is 0 Å². The maximum absolute atomic E-state index is 4.63. The van der Waals surface area contributed by atoms with Gasteiger partial charge in [-0.2, -0.15) is 0 Å². The van der Waals surface area contributed by atoms with Crippen molar-refractivity contribution in [2.75, 3.05) is 0 Å². The standard InChI is InChI=1S/C38H40N2/c1-8-26-24-39-36(40-25-26)30-11-9-10-29(20-30)33-22-31(27-12-16-34(17-13-27)37(2,3)4)21-32(23-33)28-14-18-35(19-15-28)38(5,6)7/h9-25H,8H2,1-7H3. The summed E-state index contributed by atoms with van der Waals surface area (Å²) in [7, 11) is 0. The SMILES string of the molecule is CCc1cnc(-c2cccc(-c3cc(-c4ccc(C(C)(C)C)cc4)cc(-c4ccc(C(C)(C)C)cc4)c3)c2)nc1. The molecule has 0 spiro atoms. The van der Waals surface area contributed by atoms with E-state index in [2.05, 4.69) is 149 Å². The van der Waals surface area contributed by atoms with Gasteiger partial charge in [-0.1, -0.05) is 115 Å². The Balaban J connectivity index is 1.61. The second-order valence-electron chi connectivity index (χ2n) is 12.8. The fourth-order valence-corrected chi connectivity index (χ4v) is 4.98. The van der Waals surface area contributed by atoms with E-state index in [0.717, 1.165) is 28.9 Å². The van der Waals surface area contributed by atoms with Crippen molar-refractivity contribution < 1.29 is 0 Å². The Labute approximate surface area is 240 Å². The van der Waals surface area contributed by atoms with Gasteiger partial charge in [0.1, 0.15) is 0 Å². The lowest BCUT2D eigenvalue weighted by atomic mass is 9.85. The van der Waals surface area contributed by atoms with E-state index in [9.17, 15) is 0 Å². The summed E-state index contributed by atoms with van der Waals surface area (Å²) >= 11 is 0. The molecule has 0 bridgehead atoms. The van der Waals surface area contributed by atoms with Crippen LogP contribution >= 0.6 is 0 Å². The van der Waals surface area contributed by atoms with Crippen LogP contribution in [0.3, 0.4) is 0 Å². The van der Waals surface area contributed by atoms with Crippen LogP contribution in [0.2, 0.25) is 0 Å². The Morgan fingerprint density at radius 3 is 1.30 bits per heavy atom. The van der Waals surface area contributed by atoms with Gasteiger partial charge >= 0.3 is 0 Å². The van der Waals surface area contributed by atoms with Gasteiger partial charge in [-0.3, -0.25) is 0 Å². The molecule has 0 N–H and O–H groups in total. The first-order valence-electron chi connectivity index (χ1n) is 14.3. The average Bonchev–Trinajstić information content (AvgIpc) is 2.96. The van der Waals surface area contributed by atoms with E-state index in [1.807, 2.05) is 12.4 Å². The highest BCUT2D eigenvalue weighted by Crippen LogP contribution is 2.35. The number of aryl methyl sites for hydroxylation is 1. The van der Waals surface area contributed by atoms with Crippen molar-refractivity contribution in [2.24, 2.45) is 0 Å². The molecule has 0 fully saturated rings. The van der Waals surface area contributed by atoms with E-state index in [-0.39, 0.29) is 10.8 Å². The molecule has 1 aromatic heterocycles. The molecule has 0 saturated carbocycles. The summed E-state index contributed by atoms with van der Waals surface area (Å²) in [6.45, 7) is 15.7. The van der Waals surface area contributed by atoms with E-state index in [1.165, 1.54) is 38.9 Å². The Bertz CT molecular complexity index is 1520. The molecule has 5 rings (SSSR count). The quantitative estimate of drug-likeness (QED) is 0.228. The normalized spacial score (nSPS) is 12.0. The summed E-state index contributed by atoms with van der Waals surface area (Å²) < 4.78 is 0. The van der Waals surface area contributed by atoms with Gasteiger partial charge in [-0.15, -0.1) is 0 Å². The smallest absolute Gasteiger partial charge is 0.159 e. The van der Waals surface area contributed by atoms with Gasteiger partial charge in [-0.05, 0) is 91.6 Å². The van der Waals surface area contributed by atoms with Crippen LogP contribution in [0, 0.1) is 0 Å². The fraction of sp³-hybridized carbons (Fsp3) is 0.263. The predicted octanol–water partition coefficient (Wildman–Crippen LogP) is 10.3. The second-order valence-corrected chi connectivity index (χ2v) is 12.8. The highest BCUT2D eigenvalue weighted by molar-refractivity contribution is 5.82. The minimum atomic E-state index is 0.123. The topological polar surface area (TPSA) is 25.8 Å². The molecule has 202 valence electrons. The average molecular weight is 525 g/mol. The Morgan fingerprint density at radius 1 is 0.475 bits per heavy atom. The number of nitrogens with zero attached hydrogens (tertiary/aromatic N) is 2. The van der Waals surface area contributed by atoms with Crippen LogP contribution < -0.4 is 0 Å². The Kier molecular flexibility index (Phi) is 7.47.